The second kappa shape index (κ2) is 13.3. The molecule has 5 aliphatic rings. The first-order valence-electron chi connectivity index (χ1n) is 17.6. The fourth-order valence-electron chi connectivity index (χ4n) is 10.3. The standard InChI is InChI=1S/C36H63NO2/c1-25-5-15-31(16-6-25)37(32-17-7-26(2)8-18-32)33-19-9-28(10-20-33)27(3)36(4,29-11-21-34(38)22-12-29)30-13-23-35(39)24-14-30/h25-26,28-35,38-39H,3,5-24H2,1-2,4H3. The monoisotopic (exact) mass is 541 g/mol. The van der Waals surface area contributed by atoms with Crippen LogP contribution in [0.1, 0.15) is 149 Å². The van der Waals surface area contributed by atoms with E-state index < -0.39 is 0 Å². The van der Waals surface area contributed by atoms with Crippen LogP contribution in [0.15, 0.2) is 12.2 Å². The summed E-state index contributed by atoms with van der Waals surface area (Å²) >= 11 is 0. The summed E-state index contributed by atoms with van der Waals surface area (Å²) in [6.45, 7) is 12.5. The van der Waals surface area contributed by atoms with Gasteiger partial charge in [-0.15, -0.1) is 0 Å². The largest absolute Gasteiger partial charge is 0.393 e. The van der Waals surface area contributed by atoms with E-state index >= 15 is 0 Å². The molecule has 5 fully saturated rings. The number of hydrogen-bond donors (Lipinski definition) is 2. The van der Waals surface area contributed by atoms with Crippen molar-refractivity contribution in [3.05, 3.63) is 12.2 Å². The molecule has 0 radical (unpaired) electrons. The minimum absolute atomic E-state index is 0.0982. The molecule has 0 aromatic heterocycles. The summed E-state index contributed by atoms with van der Waals surface area (Å²) in [7, 11) is 0. The van der Waals surface area contributed by atoms with Crippen LogP contribution in [0.4, 0.5) is 0 Å². The molecule has 0 aliphatic heterocycles. The maximum absolute atomic E-state index is 10.3. The van der Waals surface area contributed by atoms with Crippen molar-refractivity contribution in [1.29, 1.82) is 0 Å². The van der Waals surface area contributed by atoms with E-state index in [0.717, 1.165) is 81.3 Å². The second-order valence-corrected chi connectivity index (χ2v) is 15.6. The lowest BCUT2D eigenvalue weighted by molar-refractivity contribution is -0.00596. The molecule has 2 N–H and O–H groups in total. The first-order chi connectivity index (χ1) is 18.8. The molecule has 5 aliphatic carbocycles. The van der Waals surface area contributed by atoms with Crippen LogP contribution in [-0.4, -0.2) is 45.4 Å². The molecule has 39 heavy (non-hydrogen) atoms. The summed E-state index contributed by atoms with van der Waals surface area (Å²) < 4.78 is 0. The van der Waals surface area contributed by atoms with E-state index in [1.165, 1.54) is 77.0 Å². The van der Waals surface area contributed by atoms with Crippen LogP contribution in [0.25, 0.3) is 0 Å². The first kappa shape index (κ1) is 30.1. The highest BCUT2D eigenvalue weighted by Gasteiger charge is 2.48. The predicted octanol–water partition coefficient (Wildman–Crippen LogP) is 8.67. The maximum Gasteiger partial charge on any atom is 0.0540 e. The van der Waals surface area contributed by atoms with E-state index in [0.29, 0.717) is 17.8 Å². The molecule has 0 heterocycles. The minimum atomic E-state index is -0.0982. The molecule has 0 aromatic rings. The highest BCUT2D eigenvalue weighted by atomic mass is 16.3. The van der Waals surface area contributed by atoms with Gasteiger partial charge < -0.3 is 10.2 Å². The molecule has 0 saturated heterocycles. The smallest absolute Gasteiger partial charge is 0.0540 e. The van der Waals surface area contributed by atoms with Crippen LogP contribution in [0, 0.1) is 35.0 Å². The van der Waals surface area contributed by atoms with Gasteiger partial charge in [-0.3, -0.25) is 4.90 Å². The molecule has 0 bridgehead atoms. The Morgan fingerprint density at radius 3 is 1.23 bits per heavy atom. The Balaban J connectivity index is 1.28. The highest BCUT2D eigenvalue weighted by Crippen LogP contribution is 2.56. The number of nitrogens with zero attached hydrogens (tertiary/aromatic N) is 1. The molecule has 0 aromatic carbocycles. The van der Waals surface area contributed by atoms with Crippen LogP contribution in [0.3, 0.4) is 0 Å². The second-order valence-electron chi connectivity index (χ2n) is 15.6. The fourth-order valence-corrected chi connectivity index (χ4v) is 10.3. The van der Waals surface area contributed by atoms with Crippen LogP contribution in [-0.2, 0) is 0 Å². The van der Waals surface area contributed by atoms with Gasteiger partial charge in [-0.25, -0.2) is 0 Å². The Hall–Kier alpha value is -0.380. The Bertz CT molecular complexity index is 711. The third-order valence-corrected chi connectivity index (χ3v) is 13.2. The Labute approximate surface area is 241 Å². The van der Waals surface area contributed by atoms with Gasteiger partial charge in [0, 0.05) is 18.1 Å². The summed E-state index contributed by atoms with van der Waals surface area (Å²) in [5, 5.41) is 20.6. The van der Waals surface area contributed by atoms with Crippen LogP contribution in [0.5, 0.6) is 0 Å². The van der Waals surface area contributed by atoms with Crippen LogP contribution < -0.4 is 0 Å². The zero-order valence-corrected chi connectivity index (χ0v) is 26.0. The molecule has 224 valence electrons. The molecular formula is C36H63NO2. The number of aliphatic hydroxyl groups excluding tert-OH is 2. The van der Waals surface area contributed by atoms with Gasteiger partial charge in [0.05, 0.1) is 12.2 Å². The summed E-state index contributed by atoms with van der Waals surface area (Å²) in [4.78, 5) is 3.13. The lowest BCUT2D eigenvalue weighted by Gasteiger charge is -2.53. The quantitative estimate of drug-likeness (QED) is 0.317. The van der Waals surface area contributed by atoms with Crippen molar-refractivity contribution in [1.82, 2.24) is 4.90 Å². The Morgan fingerprint density at radius 1 is 0.538 bits per heavy atom. The molecule has 0 spiro atoms. The minimum Gasteiger partial charge on any atom is -0.393 e. The number of rotatable bonds is 7. The molecule has 0 unspecified atom stereocenters. The van der Waals surface area contributed by atoms with E-state index in [2.05, 4.69) is 25.7 Å². The number of allylic oxidation sites excluding steroid dienone is 1. The van der Waals surface area contributed by atoms with Gasteiger partial charge in [0.25, 0.3) is 0 Å². The topological polar surface area (TPSA) is 43.7 Å². The third-order valence-electron chi connectivity index (χ3n) is 13.2. The van der Waals surface area contributed by atoms with E-state index in [9.17, 15) is 10.2 Å². The van der Waals surface area contributed by atoms with E-state index in [1.807, 2.05) is 0 Å². The summed E-state index contributed by atoms with van der Waals surface area (Å²) in [6, 6.07) is 2.45. The molecular weight excluding hydrogens is 478 g/mol. The molecule has 3 nitrogen and oxygen atoms in total. The lowest BCUT2D eigenvalue weighted by atomic mass is 9.54. The van der Waals surface area contributed by atoms with Crippen molar-refractivity contribution >= 4 is 0 Å². The van der Waals surface area contributed by atoms with Crippen LogP contribution in [0.2, 0.25) is 0 Å². The Kier molecular flexibility index (Phi) is 10.3. The van der Waals surface area contributed by atoms with Gasteiger partial charge in [-0.05, 0) is 163 Å². The average molecular weight is 542 g/mol. The van der Waals surface area contributed by atoms with E-state index in [-0.39, 0.29) is 17.6 Å². The third kappa shape index (κ3) is 6.83. The summed E-state index contributed by atoms with van der Waals surface area (Å²) in [5.41, 5.74) is 1.73. The molecule has 0 amide bonds. The van der Waals surface area contributed by atoms with Gasteiger partial charge >= 0.3 is 0 Å². The molecule has 3 heteroatoms. The summed E-state index contributed by atoms with van der Waals surface area (Å²) in [5.74, 6) is 3.80. The molecule has 5 rings (SSSR count). The molecule has 5 saturated carbocycles. The summed E-state index contributed by atoms with van der Waals surface area (Å²) in [6.07, 6.45) is 25.1. The van der Waals surface area contributed by atoms with Crippen molar-refractivity contribution in [2.75, 3.05) is 0 Å². The average Bonchev–Trinajstić information content (AvgIpc) is 2.95. The number of hydrogen-bond acceptors (Lipinski definition) is 3. The van der Waals surface area contributed by atoms with Crippen molar-refractivity contribution in [3.8, 4) is 0 Å². The SMILES string of the molecule is C=C(C1CCC(N(C2CCC(C)CC2)C2CCC(C)CC2)CC1)C(C)(C1CCC(O)CC1)C1CCC(O)CC1. The fraction of sp³-hybridized carbons (Fsp3) is 0.944. The van der Waals surface area contributed by atoms with Crippen molar-refractivity contribution in [2.45, 2.75) is 180 Å². The Morgan fingerprint density at radius 2 is 0.872 bits per heavy atom. The van der Waals surface area contributed by atoms with Crippen molar-refractivity contribution in [3.63, 3.8) is 0 Å². The number of aliphatic hydroxyl groups is 2. The van der Waals surface area contributed by atoms with Gasteiger partial charge in [-0.1, -0.05) is 32.9 Å². The van der Waals surface area contributed by atoms with Gasteiger partial charge in [0.2, 0.25) is 0 Å². The lowest BCUT2D eigenvalue weighted by Crippen LogP contribution is -2.53. The van der Waals surface area contributed by atoms with Crippen molar-refractivity contribution in [2.24, 2.45) is 35.0 Å². The van der Waals surface area contributed by atoms with Gasteiger partial charge in [-0.2, -0.15) is 0 Å². The predicted molar refractivity (Wildman–Crippen MR) is 164 cm³/mol. The van der Waals surface area contributed by atoms with Crippen molar-refractivity contribution < 1.29 is 10.2 Å². The van der Waals surface area contributed by atoms with Gasteiger partial charge in [0.1, 0.15) is 0 Å². The maximum atomic E-state index is 10.3. The zero-order valence-electron chi connectivity index (χ0n) is 26.0. The van der Waals surface area contributed by atoms with E-state index in [4.69, 9.17) is 6.58 Å². The first-order valence-corrected chi connectivity index (χ1v) is 17.6. The van der Waals surface area contributed by atoms with Crippen LogP contribution >= 0.6 is 0 Å². The normalized spacial score (nSPS) is 44.1. The van der Waals surface area contributed by atoms with Gasteiger partial charge in [0.15, 0.2) is 0 Å². The van der Waals surface area contributed by atoms with E-state index in [1.54, 1.807) is 5.57 Å². The highest BCUT2D eigenvalue weighted by molar-refractivity contribution is 5.19. The molecule has 0 atom stereocenters. The zero-order chi connectivity index (χ0) is 27.6.